The molecule has 2 amide bonds. The third-order valence-corrected chi connectivity index (χ3v) is 4.01. The van der Waals surface area contributed by atoms with Crippen LogP contribution in [0.1, 0.15) is 26.3 Å². The van der Waals surface area contributed by atoms with Crippen molar-refractivity contribution in [3.8, 4) is 11.5 Å². The zero-order chi connectivity index (χ0) is 19.9. The van der Waals surface area contributed by atoms with Gasteiger partial charge in [-0.2, -0.15) is 0 Å². The van der Waals surface area contributed by atoms with Crippen LogP contribution in [0.5, 0.6) is 11.5 Å². The van der Waals surface area contributed by atoms with Gasteiger partial charge in [0.25, 0.3) is 0 Å². The van der Waals surface area contributed by atoms with Crippen LogP contribution in [-0.4, -0.2) is 37.5 Å². The number of rotatable bonds is 7. The third kappa shape index (κ3) is 6.83. The molecule has 6 heteroatoms. The third-order valence-electron chi connectivity index (χ3n) is 4.01. The van der Waals surface area contributed by atoms with Gasteiger partial charge in [0, 0.05) is 12.2 Å². The molecule has 6 nitrogen and oxygen atoms in total. The van der Waals surface area contributed by atoms with Gasteiger partial charge in [0.15, 0.2) is 0 Å². The molecule has 0 bridgehead atoms. The summed E-state index contributed by atoms with van der Waals surface area (Å²) in [5.74, 6) is 1.36. The first-order chi connectivity index (χ1) is 12.8. The summed E-state index contributed by atoms with van der Waals surface area (Å²) in [4.78, 5) is 12.0. The Morgan fingerprint density at radius 3 is 2.19 bits per heavy atom. The molecule has 0 spiro atoms. The zero-order valence-electron chi connectivity index (χ0n) is 16.3. The van der Waals surface area contributed by atoms with Crippen molar-refractivity contribution in [3.05, 3.63) is 54.1 Å². The number of aliphatic hydroxyl groups excluding tert-OH is 1. The first-order valence-electron chi connectivity index (χ1n) is 8.88. The number of methoxy groups -OCH3 is 1. The molecular weight excluding hydrogens is 344 g/mol. The molecule has 0 unspecified atom stereocenters. The van der Waals surface area contributed by atoms with Gasteiger partial charge in [-0.05, 0) is 47.4 Å². The lowest BCUT2D eigenvalue weighted by Gasteiger charge is -2.19. The van der Waals surface area contributed by atoms with Crippen LogP contribution in [0.3, 0.4) is 0 Å². The van der Waals surface area contributed by atoms with Crippen LogP contribution in [0.2, 0.25) is 0 Å². The summed E-state index contributed by atoms with van der Waals surface area (Å²) >= 11 is 0. The Morgan fingerprint density at radius 2 is 1.63 bits per heavy atom. The van der Waals surface area contributed by atoms with Gasteiger partial charge >= 0.3 is 6.03 Å². The molecule has 3 N–H and O–H groups in total. The average molecular weight is 372 g/mol. The van der Waals surface area contributed by atoms with Crippen molar-refractivity contribution in [1.29, 1.82) is 0 Å². The maximum atomic E-state index is 12.0. The molecule has 2 aromatic carbocycles. The lowest BCUT2D eigenvalue weighted by molar-refractivity contribution is 0.108. The number of benzene rings is 2. The molecule has 2 rings (SSSR count). The highest BCUT2D eigenvalue weighted by molar-refractivity contribution is 5.89. The molecular formula is C21H28N2O4. The molecule has 2 aromatic rings. The Kier molecular flexibility index (Phi) is 7.07. The molecule has 0 heterocycles. The van der Waals surface area contributed by atoms with Crippen molar-refractivity contribution in [2.45, 2.75) is 32.3 Å². The maximum Gasteiger partial charge on any atom is 0.319 e. The number of urea groups is 1. The Bertz CT molecular complexity index is 721. The standard InChI is InChI=1S/C21H28N2O4/c1-21(2,3)15-5-7-16(8-6-15)23-20(25)22-13-17(24)14-27-19-11-9-18(26-4)10-12-19/h5-12,17,24H,13-14H2,1-4H3,(H2,22,23,25)/t17-/m0/s1. The fourth-order valence-corrected chi connectivity index (χ4v) is 2.36. The van der Waals surface area contributed by atoms with E-state index >= 15 is 0 Å². The van der Waals surface area contributed by atoms with Gasteiger partial charge in [-0.15, -0.1) is 0 Å². The van der Waals surface area contributed by atoms with Crippen LogP contribution in [0, 0.1) is 0 Å². The van der Waals surface area contributed by atoms with Crippen LogP contribution in [0.15, 0.2) is 48.5 Å². The van der Waals surface area contributed by atoms with Crippen molar-refractivity contribution >= 4 is 11.7 Å². The van der Waals surface area contributed by atoms with Crippen LogP contribution in [0.4, 0.5) is 10.5 Å². The Labute approximate surface area is 160 Å². The SMILES string of the molecule is COc1ccc(OC[C@@H](O)CNC(=O)Nc2ccc(C(C)(C)C)cc2)cc1. The summed E-state index contributed by atoms with van der Waals surface area (Å²) in [6.45, 7) is 6.57. The van der Waals surface area contributed by atoms with Gasteiger partial charge < -0.3 is 25.2 Å². The molecule has 0 fully saturated rings. The van der Waals surface area contributed by atoms with E-state index in [1.165, 1.54) is 5.56 Å². The van der Waals surface area contributed by atoms with E-state index in [9.17, 15) is 9.90 Å². The fourth-order valence-electron chi connectivity index (χ4n) is 2.36. The fraction of sp³-hybridized carbons (Fsp3) is 0.381. The molecule has 0 aliphatic carbocycles. The zero-order valence-corrected chi connectivity index (χ0v) is 16.3. The summed E-state index contributed by atoms with van der Waals surface area (Å²) in [6.07, 6.45) is -0.818. The Morgan fingerprint density at radius 1 is 1.04 bits per heavy atom. The monoisotopic (exact) mass is 372 g/mol. The average Bonchev–Trinajstić information content (AvgIpc) is 2.65. The minimum Gasteiger partial charge on any atom is -0.497 e. The molecule has 0 aliphatic heterocycles. The molecule has 0 aromatic heterocycles. The molecule has 146 valence electrons. The van der Waals surface area contributed by atoms with Crippen molar-refractivity contribution in [2.75, 3.05) is 25.6 Å². The van der Waals surface area contributed by atoms with Gasteiger partial charge in [-0.3, -0.25) is 0 Å². The van der Waals surface area contributed by atoms with Crippen molar-refractivity contribution in [2.24, 2.45) is 0 Å². The summed E-state index contributed by atoms with van der Waals surface area (Å²) in [5.41, 5.74) is 1.96. The molecule has 0 saturated carbocycles. The summed E-state index contributed by atoms with van der Waals surface area (Å²) in [6, 6.07) is 14.4. The summed E-state index contributed by atoms with van der Waals surface area (Å²) in [5, 5.41) is 15.3. The molecule has 1 atom stereocenters. The number of carbonyl (C=O) groups excluding carboxylic acids is 1. The van der Waals surface area contributed by atoms with E-state index in [-0.39, 0.29) is 24.6 Å². The van der Waals surface area contributed by atoms with Crippen molar-refractivity contribution < 1.29 is 19.4 Å². The Hall–Kier alpha value is -2.73. The number of ether oxygens (including phenoxy) is 2. The first-order valence-corrected chi connectivity index (χ1v) is 8.88. The number of carbonyl (C=O) groups is 1. The number of hydrogen-bond donors (Lipinski definition) is 3. The normalized spacial score (nSPS) is 12.2. The van der Waals surface area contributed by atoms with E-state index < -0.39 is 6.10 Å². The highest BCUT2D eigenvalue weighted by atomic mass is 16.5. The summed E-state index contributed by atoms with van der Waals surface area (Å²) in [7, 11) is 1.59. The van der Waals surface area contributed by atoms with Gasteiger partial charge in [0.2, 0.25) is 0 Å². The minimum atomic E-state index is -0.818. The molecule has 0 saturated heterocycles. The second-order valence-corrected chi connectivity index (χ2v) is 7.30. The van der Waals surface area contributed by atoms with Crippen LogP contribution >= 0.6 is 0 Å². The lowest BCUT2D eigenvalue weighted by atomic mass is 9.87. The second-order valence-electron chi connectivity index (χ2n) is 7.30. The molecule has 0 aliphatic rings. The van der Waals surface area contributed by atoms with E-state index in [0.29, 0.717) is 11.4 Å². The smallest absolute Gasteiger partial charge is 0.319 e. The van der Waals surface area contributed by atoms with E-state index in [0.717, 1.165) is 5.75 Å². The van der Waals surface area contributed by atoms with Gasteiger partial charge in [0.1, 0.15) is 24.2 Å². The van der Waals surface area contributed by atoms with E-state index in [2.05, 4.69) is 31.4 Å². The first kappa shape index (κ1) is 20.6. The highest BCUT2D eigenvalue weighted by Gasteiger charge is 2.13. The van der Waals surface area contributed by atoms with Crippen molar-refractivity contribution in [1.82, 2.24) is 5.32 Å². The van der Waals surface area contributed by atoms with Crippen molar-refractivity contribution in [3.63, 3.8) is 0 Å². The van der Waals surface area contributed by atoms with Gasteiger partial charge in [-0.1, -0.05) is 32.9 Å². The number of anilines is 1. The molecule has 27 heavy (non-hydrogen) atoms. The maximum absolute atomic E-state index is 12.0. The van der Waals surface area contributed by atoms with Crippen LogP contribution < -0.4 is 20.1 Å². The van der Waals surface area contributed by atoms with E-state index in [4.69, 9.17) is 9.47 Å². The largest absolute Gasteiger partial charge is 0.497 e. The topological polar surface area (TPSA) is 79.8 Å². The number of aliphatic hydroxyl groups is 1. The minimum absolute atomic E-state index is 0.0643. The number of nitrogens with one attached hydrogen (secondary N) is 2. The lowest BCUT2D eigenvalue weighted by Crippen LogP contribution is -2.37. The Balaban J connectivity index is 1.72. The van der Waals surface area contributed by atoms with Gasteiger partial charge in [0.05, 0.1) is 7.11 Å². The van der Waals surface area contributed by atoms with Crippen LogP contribution in [-0.2, 0) is 5.41 Å². The predicted octanol–water partition coefficient (Wildman–Crippen LogP) is 3.55. The predicted molar refractivity (Wildman–Crippen MR) is 107 cm³/mol. The number of hydrogen-bond acceptors (Lipinski definition) is 4. The quantitative estimate of drug-likeness (QED) is 0.694. The van der Waals surface area contributed by atoms with E-state index in [1.54, 1.807) is 31.4 Å². The molecule has 0 radical (unpaired) electrons. The van der Waals surface area contributed by atoms with Crippen LogP contribution in [0.25, 0.3) is 0 Å². The highest BCUT2D eigenvalue weighted by Crippen LogP contribution is 2.23. The number of amides is 2. The summed E-state index contributed by atoms with van der Waals surface area (Å²) < 4.78 is 10.6. The second kappa shape index (κ2) is 9.28. The van der Waals surface area contributed by atoms with E-state index in [1.807, 2.05) is 24.3 Å². The van der Waals surface area contributed by atoms with Gasteiger partial charge in [-0.25, -0.2) is 4.79 Å².